The van der Waals surface area contributed by atoms with E-state index in [4.69, 9.17) is 5.73 Å². The smallest absolute Gasteiger partial charge is 0.350 e. The summed E-state index contributed by atoms with van der Waals surface area (Å²) in [5.41, 5.74) is 3.71. The average Bonchev–Trinajstić information content (AvgIpc) is 2.42. The molecule has 0 spiro atoms. The maximum atomic E-state index is 11.3. The molecule has 1 unspecified atom stereocenters. The minimum Gasteiger partial charge on any atom is -0.481 e. The predicted octanol–water partition coefficient (Wildman–Crippen LogP) is 1.80. The van der Waals surface area contributed by atoms with Gasteiger partial charge in [0.05, 0.1) is 21.3 Å². The van der Waals surface area contributed by atoms with Gasteiger partial charge in [-0.2, -0.15) is 0 Å². The molecule has 1 atom stereocenters. The van der Waals surface area contributed by atoms with Gasteiger partial charge >= 0.3 is 17.3 Å². The van der Waals surface area contributed by atoms with Crippen LogP contribution in [0.5, 0.6) is 0 Å². The van der Waals surface area contributed by atoms with Gasteiger partial charge in [0.2, 0.25) is 0 Å². The maximum absolute atomic E-state index is 11.3. The van der Waals surface area contributed by atoms with Crippen LogP contribution in [0.2, 0.25) is 0 Å². The van der Waals surface area contributed by atoms with Crippen LogP contribution in [-0.4, -0.2) is 27.5 Å². The summed E-state index contributed by atoms with van der Waals surface area (Å²) in [7, 11) is 0. The van der Waals surface area contributed by atoms with Crippen molar-refractivity contribution in [1.29, 1.82) is 0 Å². The van der Waals surface area contributed by atoms with Crippen molar-refractivity contribution in [2.75, 3.05) is 6.54 Å². The van der Waals surface area contributed by atoms with E-state index in [0.717, 1.165) is 6.07 Å². The molecule has 9 heteroatoms. The monoisotopic (exact) mass is 297 g/mol. The number of nitrogens with two attached hydrogens (primary N) is 1. The van der Waals surface area contributed by atoms with Gasteiger partial charge < -0.3 is 10.8 Å². The molecule has 9 nitrogen and oxygen atoms in total. The number of hydrogen-bond donors (Lipinski definition) is 2. The van der Waals surface area contributed by atoms with Crippen LogP contribution in [0.15, 0.2) is 18.2 Å². The minimum absolute atomic E-state index is 0.133. The SMILES string of the molecule is NCCCCC(C(=O)O)c1cccc([N+](=O)[O-])c1[N+](=O)[O-]. The van der Waals surface area contributed by atoms with E-state index in [1.165, 1.54) is 12.1 Å². The molecule has 0 aromatic heterocycles. The Morgan fingerprint density at radius 3 is 2.38 bits per heavy atom. The molecule has 1 aromatic carbocycles. The highest BCUT2D eigenvalue weighted by molar-refractivity contribution is 5.79. The van der Waals surface area contributed by atoms with Gasteiger partial charge in [-0.25, -0.2) is 0 Å². The summed E-state index contributed by atoms with van der Waals surface area (Å²) in [6.07, 6.45) is 1.17. The summed E-state index contributed by atoms with van der Waals surface area (Å²) < 4.78 is 0. The predicted molar refractivity (Wildman–Crippen MR) is 73.0 cm³/mol. The first-order chi connectivity index (χ1) is 9.90. The van der Waals surface area contributed by atoms with Crippen molar-refractivity contribution in [3.05, 3.63) is 44.0 Å². The molecule has 1 aromatic rings. The number of carbonyl (C=O) groups is 1. The molecule has 0 saturated carbocycles. The molecule has 114 valence electrons. The van der Waals surface area contributed by atoms with Gasteiger partial charge in [-0.05, 0) is 19.4 Å². The fourth-order valence-electron chi connectivity index (χ4n) is 2.08. The fourth-order valence-corrected chi connectivity index (χ4v) is 2.08. The molecule has 1 rings (SSSR count). The van der Waals surface area contributed by atoms with E-state index < -0.39 is 33.1 Å². The summed E-state index contributed by atoms with van der Waals surface area (Å²) in [6, 6.07) is 3.48. The average molecular weight is 297 g/mol. The Labute approximate surface area is 119 Å². The Hall–Kier alpha value is -2.55. The first-order valence-corrected chi connectivity index (χ1v) is 6.24. The van der Waals surface area contributed by atoms with Crippen molar-refractivity contribution >= 4 is 17.3 Å². The van der Waals surface area contributed by atoms with Crippen molar-refractivity contribution < 1.29 is 19.7 Å². The number of nitro groups is 2. The lowest BCUT2D eigenvalue weighted by Crippen LogP contribution is -2.15. The van der Waals surface area contributed by atoms with E-state index >= 15 is 0 Å². The summed E-state index contributed by atoms with van der Waals surface area (Å²) in [5, 5.41) is 31.2. The molecular weight excluding hydrogens is 282 g/mol. The normalized spacial score (nSPS) is 11.9. The number of nitrogens with zero attached hydrogens (tertiary/aromatic N) is 2. The third-order valence-electron chi connectivity index (χ3n) is 3.05. The van der Waals surface area contributed by atoms with Crippen molar-refractivity contribution in [3.8, 4) is 0 Å². The highest BCUT2D eigenvalue weighted by atomic mass is 16.6. The highest BCUT2D eigenvalue weighted by Crippen LogP contribution is 2.37. The lowest BCUT2D eigenvalue weighted by molar-refractivity contribution is -0.423. The number of aliphatic carboxylic acids is 1. The quantitative estimate of drug-likeness (QED) is 0.422. The second kappa shape index (κ2) is 7.29. The Balaban J connectivity index is 3.30. The molecule has 0 fully saturated rings. The standard InChI is InChI=1S/C12H15N3O6/c13-7-2-1-4-9(12(16)17)8-5-3-6-10(14(18)19)11(8)15(20)21/h3,5-6,9H,1-2,4,7,13H2,(H,16,17). The summed E-state index contributed by atoms with van der Waals surface area (Å²) in [6.45, 7) is 0.378. The molecular formula is C12H15N3O6. The minimum atomic E-state index is -1.25. The summed E-state index contributed by atoms with van der Waals surface area (Å²) >= 11 is 0. The number of rotatable bonds is 8. The van der Waals surface area contributed by atoms with Gasteiger partial charge in [0, 0.05) is 6.07 Å². The van der Waals surface area contributed by atoms with Crippen LogP contribution in [0.25, 0.3) is 0 Å². The van der Waals surface area contributed by atoms with Crippen LogP contribution in [-0.2, 0) is 4.79 Å². The van der Waals surface area contributed by atoms with Crippen LogP contribution in [0.4, 0.5) is 11.4 Å². The van der Waals surface area contributed by atoms with Gasteiger partial charge in [-0.3, -0.25) is 25.0 Å². The zero-order valence-electron chi connectivity index (χ0n) is 11.1. The Morgan fingerprint density at radius 1 is 1.24 bits per heavy atom. The number of carboxylic acid groups (broad SMARTS) is 1. The number of unbranched alkanes of at least 4 members (excludes halogenated alkanes) is 1. The van der Waals surface area contributed by atoms with Crippen LogP contribution < -0.4 is 5.73 Å². The third-order valence-corrected chi connectivity index (χ3v) is 3.05. The number of hydrogen-bond acceptors (Lipinski definition) is 6. The lowest BCUT2D eigenvalue weighted by Gasteiger charge is -2.12. The van der Waals surface area contributed by atoms with Crippen molar-refractivity contribution in [2.45, 2.75) is 25.2 Å². The Bertz CT molecular complexity index is 560. The molecule has 0 radical (unpaired) electrons. The Kier molecular flexibility index (Phi) is 5.73. The van der Waals surface area contributed by atoms with Crippen molar-refractivity contribution in [3.63, 3.8) is 0 Å². The first-order valence-electron chi connectivity index (χ1n) is 6.24. The van der Waals surface area contributed by atoms with E-state index in [2.05, 4.69) is 0 Å². The number of nitro benzene ring substituents is 2. The van der Waals surface area contributed by atoms with Crippen LogP contribution in [0.3, 0.4) is 0 Å². The number of carboxylic acids is 1. The topological polar surface area (TPSA) is 150 Å². The molecule has 0 amide bonds. The van der Waals surface area contributed by atoms with Gasteiger partial charge in [0.1, 0.15) is 0 Å². The summed E-state index contributed by atoms with van der Waals surface area (Å²) in [5.74, 6) is -2.42. The van der Waals surface area contributed by atoms with E-state index in [9.17, 15) is 30.1 Å². The molecule has 0 saturated heterocycles. The van der Waals surface area contributed by atoms with Gasteiger partial charge in [0.25, 0.3) is 0 Å². The Morgan fingerprint density at radius 2 is 1.90 bits per heavy atom. The lowest BCUT2D eigenvalue weighted by atomic mass is 9.91. The van der Waals surface area contributed by atoms with E-state index in [1.807, 2.05) is 0 Å². The second-order valence-electron chi connectivity index (χ2n) is 4.40. The molecule has 0 aliphatic heterocycles. The van der Waals surface area contributed by atoms with Gasteiger partial charge in [-0.1, -0.05) is 18.6 Å². The third kappa shape index (κ3) is 3.96. The summed E-state index contributed by atoms with van der Waals surface area (Å²) in [4.78, 5) is 31.5. The van der Waals surface area contributed by atoms with E-state index in [-0.39, 0.29) is 12.0 Å². The molecule has 0 heterocycles. The van der Waals surface area contributed by atoms with Crippen molar-refractivity contribution in [2.24, 2.45) is 5.73 Å². The van der Waals surface area contributed by atoms with Crippen molar-refractivity contribution in [1.82, 2.24) is 0 Å². The van der Waals surface area contributed by atoms with Crippen LogP contribution in [0.1, 0.15) is 30.7 Å². The highest BCUT2D eigenvalue weighted by Gasteiger charge is 2.34. The van der Waals surface area contributed by atoms with Gasteiger partial charge in [0.15, 0.2) is 0 Å². The first kappa shape index (κ1) is 16.5. The largest absolute Gasteiger partial charge is 0.481 e. The van der Waals surface area contributed by atoms with Crippen LogP contribution >= 0.6 is 0 Å². The maximum Gasteiger partial charge on any atom is 0.350 e. The second-order valence-corrected chi connectivity index (χ2v) is 4.40. The van der Waals surface area contributed by atoms with Crippen LogP contribution in [0, 0.1) is 20.2 Å². The van der Waals surface area contributed by atoms with E-state index in [0.29, 0.717) is 19.4 Å². The molecule has 0 bridgehead atoms. The number of benzene rings is 1. The number of para-hydroxylation sites is 1. The molecule has 3 N–H and O–H groups in total. The molecule has 0 aliphatic rings. The van der Waals surface area contributed by atoms with E-state index in [1.54, 1.807) is 0 Å². The zero-order chi connectivity index (χ0) is 16.0. The van der Waals surface area contributed by atoms with Gasteiger partial charge in [-0.15, -0.1) is 0 Å². The molecule has 0 aliphatic carbocycles. The zero-order valence-corrected chi connectivity index (χ0v) is 11.1. The fraction of sp³-hybridized carbons (Fsp3) is 0.417. The molecule has 21 heavy (non-hydrogen) atoms.